The molecule has 12 heteroatoms. The quantitative estimate of drug-likeness (QED) is 0.573. The first-order valence-corrected chi connectivity index (χ1v) is 6.95. The third kappa shape index (κ3) is 3.10. The lowest BCUT2D eigenvalue weighted by molar-refractivity contribution is -0.125. The Kier molecular flexibility index (Phi) is 3.84. The summed E-state index contributed by atoms with van der Waals surface area (Å²) < 4.78 is 68.3. The van der Waals surface area contributed by atoms with Crippen molar-refractivity contribution < 1.29 is 35.3 Å². The SMILES string of the molecule is Cn1nc(OS(=O)(=O)C(F)(F)F)cc1N1CCOCC1=O. The number of hydrogen-bond acceptors (Lipinski definition) is 6. The fourth-order valence-corrected chi connectivity index (χ4v) is 2.05. The monoisotopic (exact) mass is 329 g/mol. The number of ether oxygens (including phenoxy) is 1. The van der Waals surface area contributed by atoms with Gasteiger partial charge in [0.25, 0.3) is 11.8 Å². The molecule has 0 radical (unpaired) electrons. The Morgan fingerprint density at radius 2 is 2.10 bits per heavy atom. The fourth-order valence-electron chi connectivity index (χ4n) is 1.65. The van der Waals surface area contributed by atoms with E-state index in [1.807, 2.05) is 0 Å². The Morgan fingerprint density at radius 1 is 1.43 bits per heavy atom. The molecule has 0 bridgehead atoms. The second-order valence-corrected chi connectivity index (χ2v) is 5.58. The van der Waals surface area contributed by atoms with Crippen molar-refractivity contribution in [1.29, 1.82) is 0 Å². The van der Waals surface area contributed by atoms with Crippen LogP contribution >= 0.6 is 0 Å². The topological polar surface area (TPSA) is 90.7 Å². The van der Waals surface area contributed by atoms with E-state index in [0.29, 0.717) is 0 Å². The molecule has 0 aliphatic carbocycles. The van der Waals surface area contributed by atoms with Crippen LogP contribution in [0.1, 0.15) is 0 Å². The highest BCUT2D eigenvalue weighted by Crippen LogP contribution is 2.28. The molecule has 0 atom stereocenters. The van der Waals surface area contributed by atoms with Crippen LogP contribution in [0.4, 0.5) is 19.0 Å². The van der Waals surface area contributed by atoms with Crippen molar-refractivity contribution in [1.82, 2.24) is 9.78 Å². The van der Waals surface area contributed by atoms with Gasteiger partial charge in [0.15, 0.2) is 0 Å². The second kappa shape index (κ2) is 5.18. The highest BCUT2D eigenvalue weighted by Gasteiger charge is 2.49. The molecule has 1 aromatic heterocycles. The number of anilines is 1. The van der Waals surface area contributed by atoms with E-state index < -0.39 is 27.4 Å². The number of nitrogens with zero attached hydrogens (tertiary/aromatic N) is 3. The molecular weight excluding hydrogens is 319 g/mol. The van der Waals surface area contributed by atoms with Gasteiger partial charge >= 0.3 is 15.6 Å². The first kappa shape index (κ1) is 15.6. The lowest BCUT2D eigenvalue weighted by atomic mass is 10.4. The molecule has 0 unspecified atom stereocenters. The summed E-state index contributed by atoms with van der Waals surface area (Å²) in [6.07, 6.45) is 0. The maximum atomic E-state index is 12.2. The van der Waals surface area contributed by atoms with Crippen LogP contribution in [0.5, 0.6) is 5.88 Å². The molecule has 1 saturated heterocycles. The number of carbonyl (C=O) groups is 1. The van der Waals surface area contributed by atoms with Gasteiger partial charge in [-0.15, -0.1) is 5.10 Å². The average Bonchev–Trinajstić information content (AvgIpc) is 2.68. The maximum absolute atomic E-state index is 12.2. The first-order valence-electron chi connectivity index (χ1n) is 5.55. The molecule has 1 fully saturated rings. The van der Waals surface area contributed by atoms with Crippen LogP contribution in [0.25, 0.3) is 0 Å². The molecule has 0 N–H and O–H groups in total. The molecule has 0 saturated carbocycles. The van der Waals surface area contributed by atoms with Gasteiger partial charge in [0.1, 0.15) is 12.4 Å². The van der Waals surface area contributed by atoms with Crippen LogP contribution in [-0.2, 0) is 26.7 Å². The van der Waals surface area contributed by atoms with Gasteiger partial charge in [-0.1, -0.05) is 0 Å². The van der Waals surface area contributed by atoms with Crippen molar-refractivity contribution in [3.8, 4) is 5.88 Å². The summed E-state index contributed by atoms with van der Waals surface area (Å²) in [6, 6.07) is 0.937. The molecule has 1 aliphatic heterocycles. The van der Waals surface area contributed by atoms with Crippen LogP contribution in [0.3, 0.4) is 0 Å². The smallest absolute Gasteiger partial charge is 0.370 e. The summed E-state index contributed by atoms with van der Waals surface area (Å²) >= 11 is 0. The zero-order valence-corrected chi connectivity index (χ0v) is 11.4. The van der Waals surface area contributed by atoms with Crippen molar-refractivity contribution in [3.05, 3.63) is 6.07 Å². The van der Waals surface area contributed by atoms with Gasteiger partial charge in [-0.3, -0.25) is 9.69 Å². The predicted octanol–water partition coefficient (Wildman–Crippen LogP) is 0.0117. The predicted molar refractivity (Wildman–Crippen MR) is 62.0 cm³/mol. The number of amides is 1. The van der Waals surface area contributed by atoms with E-state index in [2.05, 4.69) is 9.28 Å². The molecular formula is C9H10F3N3O5S. The molecule has 1 aliphatic rings. The van der Waals surface area contributed by atoms with Gasteiger partial charge in [0, 0.05) is 13.1 Å². The highest BCUT2D eigenvalue weighted by atomic mass is 32.2. The summed E-state index contributed by atoms with van der Waals surface area (Å²) in [4.78, 5) is 12.8. The summed E-state index contributed by atoms with van der Waals surface area (Å²) in [5.41, 5.74) is -5.56. The van der Waals surface area contributed by atoms with E-state index >= 15 is 0 Å². The van der Waals surface area contributed by atoms with Gasteiger partial charge in [-0.2, -0.15) is 21.6 Å². The minimum atomic E-state index is -5.80. The lowest BCUT2D eigenvalue weighted by Crippen LogP contribution is -2.42. The zero-order valence-electron chi connectivity index (χ0n) is 10.6. The molecule has 1 amide bonds. The standard InChI is InChI=1S/C9H10F3N3O5S/c1-14-7(15-2-3-19-5-8(15)16)4-6(13-14)20-21(17,18)9(10,11)12/h4H,2-3,5H2,1H3. The van der Waals surface area contributed by atoms with Crippen molar-refractivity contribution in [2.75, 3.05) is 24.7 Å². The number of aryl methyl sites for hydroxylation is 1. The normalized spacial score (nSPS) is 17.1. The average molecular weight is 329 g/mol. The first-order chi connectivity index (χ1) is 9.62. The van der Waals surface area contributed by atoms with Gasteiger partial charge in [-0.05, 0) is 0 Å². The fraction of sp³-hybridized carbons (Fsp3) is 0.556. The van der Waals surface area contributed by atoms with Gasteiger partial charge in [0.2, 0.25) is 0 Å². The van der Waals surface area contributed by atoms with Crippen LogP contribution in [0.2, 0.25) is 0 Å². The Balaban J connectivity index is 2.26. The molecule has 0 aromatic carbocycles. The minimum Gasteiger partial charge on any atom is -0.370 e. The van der Waals surface area contributed by atoms with Crippen molar-refractivity contribution in [3.63, 3.8) is 0 Å². The van der Waals surface area contributed by atoms with Crippen LogP contribution in [0.15, 0.2) is 6.07 Å². The van der Waals surface area contributed by atoms with E-state index in [-0.39, 0.29) is 25.6 Å². The van der Waals surface area contributed by atoms with E-state index in [0.717, 1.165) is 10.7 Å². The number of morpholine rings is 1. The van der Waals surface area contributed by atoms with Gasteiger partial charge in [0.05, 0.1) is 13.2 Å². The van der Waals surface area contributed by atoms with Crippen LogP contribution < -0.4 is 9.08 Å². The highest BCUT2D eigenvalue weighted by molar-refractivity contribution is 7.87. The molecule has 21 heavy (non-hydrogen) atoms. The Morgan fingerprint density at radius 3 is 2.67 bits per heavy atom. The summed E-state index contributed by atoms with van der Waals surface area (Å²) in [5, 5.41) is 3.50. The van der Waals surface area contributed by atoms with E-state index in [4.69, 9.17) is 4.74 Å². The van der Waals surface area contributed by atoms with E-state index in [1.54, 1.807) is 0 Å². The summed E-state index contributed by atoms with van der Waals surface area (Å²) in [7, 11) is -4.46. The van der Waals surface area contributed by atoms with Gasteiger partial charge < -0.3 is 8.92 Å². The van der Waals surface area contributed by atoms with Crippen molar-refractivity contribution in [2.45, 2.75) is 5.51 Å². The van der Waals surface area contributed by atoms with Crippen molar-refractivity contribution >= 4 is 21.8 Å². The number of rotatable bonds is 3. The number of carbonyl (C=O) groups excluding carboxylic acids is 1. The Bertz CT molecular complexity index is 654. The van der Waals surface area contributed by atoms with Crippen LogP contribution in [0, 0.1) is 0 Å². The van der Waals surface area contributed by atoms with Crippen molar-refractivity contribution in [2.24, 2.45) is 7.05 Å². The number of hydrogen-bond donors (Lipinski definition) is 0. The molecule has 8 nitrogen and oxygen atoms in total. The third-order valence-corrected chi connectivity index (χ3v) is 3.53. The summed E-state index contributed by atoms with van der Waals surface area (Å²) in [5.74, 6) is -1.09. The minimum absolute atomic E-state index is 0.107. The number of halogens is 3. The van der Waals surface area contributed by atoms with Crippen LogP contribution in [-0.4, -0.2) is 49.4 Å². The summed E-state index contributed by atoms with van der Waals surface area (Å²) in [6.45, 7) is 0.236. The molecule has 1 aromatic rings. The molecule has 2 heterocycles. The zero-order chi connectivity index (χ0) is 15.8. The second-order valence-electron chi connectivity index (χ2n) is 4.05. The Hall–Kier alpha value is -1.82. The molecule has 2 rings (SSSR count). The third-order valence-electron chi connectivity index (χ3n) is 2.57. The van der Waals surface area contributed by atoms with E-state index in [1.165, 1.54) is 11.9 Å². The maximum Gasteiger partial charge on any atom is 0.534 e. The van der Waals surface area contributed by atoms with E-state index in [9.17, 15) is 26.4 Å². The van der Waals surface area contributed by atoms with Gasteiger partial charge in [-0.25, -0.2) is 4.68 Å². The largest absolute Gasteiger partial charge is 0.534 e. The number of alkyl halides is 3. The molecule has 118 valence electrons. The Labute approximate surface area is 117 Å². The molecule has 0 spiro atoms. The lowest BCUT2D eigenvalue weighted by Gasteiger charge is -2.26. The number of aromatic nitrogens is 2.